The minimum atomic E-state index is -0.687. The van der Waals surface area contributed by atoms with Crippen molar-refractivity contribution in [1.29, 1.82) is 0 Å². The first kappa shape index (κ1) is 16.5. The number of anilines is 1. The summed E-state index contributed by atoms with van der Waals surface area (Å²) in [4.78, 5) is 24.0. The Bertz CT molecular complexity index is 737. The Balaban J connectivity index is 2.67. The number of hydrogen-bond acceptors (Lipinski definition) is 6. The smallest absolute Gasteiger partial charge is 0.359 e. The normalized spacial score (nSPS) is 10.3. The monoisotopic (exact) mass is 317 g/mol. The maximum Gasteiger partial charge on any atom is 0.359 e. The number of nitrogens with one attached hydrogen (secondary N) is 1. The molecule has 0 bridgehead atoms. The number of rotatable bonds is 5. The zero-order chi connectivity index (χ0) is 17.0. The van der Waals surface area contributed by atoms with Crippen molar-refractivity contribution in [3.8, 4) is 5.69 Å². The number of aromatic nitrogens is 2. The lowest BCUT2D eigenvalue weighted by Gasteiger charge is -2.12. The second-order valence-electron chi connectivity index (χ2n) is 4.75. The summed E-state index contributed by atoms with van der Waals surface area (Å²) in [7, 11) is 2.50. The first-order valence-electron chi connectivity index (χ1n) is 7.14. The predicted octanol–water partition coefficient (Wildman–Crippen LogP) is 2.19. The van der Waals surface area contributed by atoms with E-state index in [0.717, 1.165) is 17.9 Å². The van der Waals surface area contributed by atoms with Gasteiger partial charge < -0.3 is 14.8 Å². The Hall–Kier alpha value is -2.83. The molecule has 0 amide bonds. The number of ether oxygens (including phenoxy) is 2. The Morgan fingerprint density at radius 1 is 1.17 bits per heavy atom. The van der Waals surface area contributed by atoms with Crippen LogP contribution in [0.15, 0.2) is 24.3 Å². The summed E-state index contributed by atoms with van der Waals surface area (Å²) in [6.45, 7) is 4.41. The van der Waals surface area contributed by atoms with Crippen molar-refractivity contribution >= 4 is 17.6 Å². The fourth-order valence-corrected chi connectivity index (χ4v) is 2.32. The maximum atomic E-state index is 12.0. The van der Waals surface area contributed by atoms with Crippen molar-refractivity contribution < 1.29 is 19.1 Å². The van der Waals surface area contributed by atoms with Gasteiger partial charge in [-0.3, -0.25) is 0 Å². The Morgan fingerprint density at radius 3 is 2.43 bits per heavy atom. The third-order valence-corrected chi connectivity index (χ3v) is 3.38. The van der Waals surface area contributed by atoms with Crippen molar-refractivity contribution in [3.63, 3.8) is 0 Å². The minimum absolute atomic E-state index is 0.0665. The van der Waals surface area contributed by atoms with E-state index in [9.17, 15) is 9.59 Å². The largest absolute Gasteiger partial charge is 0.465 e. The molecule has 2 rings (SSSR count). The fraction of sp³-hybridized carbons (Fsp3) is 0.312. The molecule has 0 unspecified atom stereocenters. The van der Waals surface area contributed by atoms with Gasteiger partial charge in [-0.25, -0.2) is 14.3 Å². The molecule has 0 saturated carbocycles. The molecule has 1 aromatic heterocycles. The molecule has 0 saturated heterocycles. The number of benzene rings is 1. The van der Waals surface area contributed by atoms with Crippen molar-refractivity contribution in [3.05, 3.63) is 41.2 Å². The lowest BCUT2D eigenvalue weighted by molar-refractivity contribution is 0.0551. The standard InChI is InChI=1S/C16H19N3O4/c1-5-17-11-8-6-7-9-12(11)19-10(2)13(15(20)22-3)14(18-19)16(21)23-4/h6-9,17H,5H2,1-4H3. The second kappa shape index (κ2) is 6.95. The van der Waals surface area contributed by atoms with Crippen LogP contribution in [0.25, 0.3) is 5.69 Å². The highest BCUT2D eigenvalue weighted by molar-refractivity contribution is 6.02. The van der Waals surface area contributed by atoms with Crippen molar-refractivity contribution in [2.45, 2.75) is 13.8 Å². The molecule has 122 valence electrons. The van der Waals surface area contributed by atoms with Crippen LogP contribution < -0.4 is 5.32 Å². The predicted molar refractivity (Wildman–Crippen MR) is 85.1 cm³/mol. The molecule has 0 atom stereocenters. The molecule has 2 aromatic rings. The summed E-state index contributed by atoms with van der Waals surface area (Å²) in [6, 6.07) is 7.49. The van der Waals surface area contributed by atoms with Crippen LogP contribution >= 0.6 is 0 Å². The van der Waals surface area contributed by atoms with E-state index in [1.165, 1.54) is 18.9 Å². The van der Waals surface area contributed by atoms with E-state index in [1.54, 1.807) is 6.92 Å². The molecule has 0 spiro atoms. The van der Waals surface area contributed by atoms with Crippen molar-refractivity contribution in [2.24, 2.45) is 0 Å². The number of carbonyl (C=O) groups is 2. The van der Waals surface area contributed by atoms with E-state index >= 15 is 0 Å². The van der Waals surface area contributed by atoms with Gasteiger partial charge in [-0.2, -0.15) is 5.10 Å². The molecular weight excluding hydrogens is 298 g/mol. The van der Waals surface area contributed by atoms with Gasteiger partial charge in [-0.1, -0.05) is 12.1 Å². The van der Waals surface area contributed by atoms with Gasteiger partial charge in [0, 0.05) is 6.54 Å². The zero-order valence-corrected chi connectivity index (χ0v) is 13.5. The van der Waals surface area contributed by atoms with Crippen LogP contribution in [-0.4, -0.2) is 42.5 Å². The van der Waals surface area contributed by atoms with Crippen molar-refractivity contribution in [1.82, 2.24) is 9.78 Å². The summed E-state index contributed by atoms with van der Waals surface area (Å²) in [5.41, 5.74) is 2.11. The van der Waals surface area contributed by atoms with Gasteiger partial charge in [-0.05, 0) is 26.0 Å². The van der Waals surface area contributed by atoms with Gasteiger partial charge in [-0.15, -0.1) is 0 Å². The number of esters is 2. The van der Waals surface area contributed by atoms with E-state index in [0.29, 0.717) is 5.69 Å². The van der Waals surface area contributed by atoms with Gasteiger partial charge in [0.15, 0.2) is 5.69 Å². The molecule has 0 aliphatic carbocycles. The number of methoxy groups -OCH3 is 2. The van der Waals surface area contributed by atoms with Gasteiger partial charge in [0.05, 0.1) is 31.3 Å². The Morgan fingerprint density at radius 2 is 1.83 bits per heavy atom. The van der Waals surface area contributed by atoms with Gasteiger partial charge >= 0.3 is 11.9 Å². The number of carbonyl (C=O) groups excluding carboxylic acids is 2. The molecule has 0 aliphatic rings. The molecule has 7 nitrogen and oxygen atoms in total. The molecular formula is C16H19N3O4. The average molecular weight is 317 g/mol. The molecule has 1 N–H and O–H groups in total. The Kier molecular flexibility index (Phi) is 5.00. The van der Waals surface area contributed by atoms with Crippen LogP contribution in [-0.2, 0) is 9.47 Å². The van der Waals surface area contributed by atoms with E-state index < -0.39 is 11.9 Å². The maximum absolute atomic E-state index is 12.0. The SMILES string of the molecule is CCNc1ccccc1-n1nc(C(=O)OC)c(C(=O)OC)c1C. The number of hydrogen-bond donors (Lipinski definition) is 1. The zero-order valence-electron chi connectivity index (χ0n) is 13.5. The number of para-hydroxylation sites is 2. The summed E-state index contributed by atoms with van der Waals surface area (Å²) >= 11 is 0. The van der Waals surface area contributed by atoms with Crippen LogP contribution in [0.1, 0.15) is 33.5 Å². The van der Waals surface area contributed by atoms with Gasteiger partial charge in [0.1, 0.15) is 5.56 Å². The Labute approximate surface area is 134 Å². The highest BCUT2D eigenvalue weighted by Gasteiger charge is 2.28. The second-order valence-corrected chi connectivity index (χ2v) is 4.75. The van der Waals surface area contributed by atoms with Gasteiger partial charge in [0.2, 0.25) is 0 Å². The van der Waals surface area contributed by atoms with E-state index in [4.69, 9.17) is 9.47 Å². The van der Waals surface area contributed by atoms with E-state index in [2.05, 4.69) is 10.4 Å². The molecule has 23 heavy (non-hydrogen) atoms. The van der Waals surface area contributed by atoms with E-state index in [-0.39, 0.29) is 11.3 Å². The molecule has 0 fully saturated rings. The molecule has 1 heterocycles. The minimum Gasteiger partial charge on any atom is -0.465 e. The topological polar surface area (TPSA) is 82.5 Å². The summed E-state index contributed by atoms with van der Waals surface area (Å²) in [5.74, 6) is -1.32. The quantitative estimate of drug-likeness (QED) is 0.851. The fourth-order valence-electron chi connectivity index (χ4n) is 2.32. The lowest BCUT2D eigenvalue weighted by atomic mass is 10.2. The average Bonchev–Trinajstić information content (AvgIpc) is 2.91. The third-order valence-electron chi connectivity index (χ3n) is 3.38. The van der Waals surface area contributed by atoms with Crippen LogP contribution in [0.5, 0.6) is 0 Å². The van der Waals surface area contributed by atoms with Crippen LogP contribution in [0.2, 0.25) is 0 Å². The van der Waals surface area contributed by atoms with Crippen LogP contribution in [0, 0.1) is 6.92 Å². The lowest BCUT2D eigenvalue weighted by Crippen LogP contribution is -2.11. The highest BCUT2D eigenvalue weighted by atomic mass is 16.5. The van der Waals surface area contributed by atoms with Crippen LogP contribution in [0.4, 0.5) is 5.69 Å². The summed E-state index contributed by atoms with van der Waals surface area (Å²) in [5, 5.41) is 7.49. The summed E-state index contributed by atoms with van der Waals surface area (Å²) < 4.78 is 11.0. The molecule has 1 aromatic carbocycles. The number of nitrogens with zero attached hydrogens (tertiary/aromatic N) is 2. The molecule has 7 heteroatoms. The summed E-state index contributed by atoms with van der Waals surface area (Å²) in [6.07, 6.45) is 0. The van der Waals surface area contributed by atoms with Crippen molar-refractivity contribution in [2.75, 3.05) is 26.1 Å². The van der Waals surface area contributed by atoms with Gasteiger partial charge in [0.25, 0.3) is 0 Å². The first-order valence-corrected chi connectivity index (χ1v) is 7.14. The van der Waals surface area contributed by atoms with E-state index in [1.807, 2.05) is 31.2 Å². The molecule has 0 aliphatic heterocycles. The van der Waals surface area contributed by atoms with Crippen LogP contribution in [0.3, 0.4) is 0 Å². The third kappa shape index (κ3) is 3.03. The highest BCUT2D eigenvalue weighted by Crippen LogP contribution is 2.25. The molecule has 0 radical (unpaired) electrons. The first-order chi connectivity index (χ1) is 11.0.